The van der Waals surface area contributed by atoms with E-state index in [4.69, 9.17) is 0 Å². The lowest BCUT2D eigenvalue weighted by molar-refractivity contribution is 0.212. The van der Waals surface area contributed by atoms with Crippen molar-refractivity contribution >= 4 is 5.69 Å². The first-order valence-electron chi connectivity index (χ1n) is 7.78. The maximum atomic E-state index is 2.59. The molecule has 0 radical (unpaired) electrons. The summed E-state index contributed by atoms with van der Waals surface area (Å²) in [6.45, 7) is 7.22. The molecule has 1 aliphatic rings. The minimum atomic E-state index is 0.829. The predicted molar refractivity (Wildman–Crippen MR) is 83.8 cm³/mol. The number of anilines is 1. The molecule has 1 fully saturated rings. The molecule has 1 heterocycles. The van der Waals surface area contributed by atoms with E-state index in [2.05, 4.69) is 54.1 Å². The van der Waals surface area contributed by atoms with Crippen LogP contribution in [0.15, 0.2) is 30.3 Å². The van der Waals surface area contributed by atoms with Crippen LogP contribution in [0.2, 0.25) is 0 Å². The van der Waals surface area contributed by atoms with E-state index in [0.717, 1.165) is 5.92 Å². The number of benzene rings is 1. The van der Waals surface area contributed by atoms with Gasteiger partial charge in [-0.25, -0.2) is 0 Å². The van der Waals surface area contributed by atoms with Crippen LogP contribution in [0, 0.1) is 5.92 Å². The summed E-state index contributed by atoms with van der Waals surface area (Å²) in [6.07, 6.45) is 5.31. The number of rotatable bonds is 6. The molecule has 0 saturated carbocycles. The van der Waals surface area contributed by atoms with Crippen LogP contribution < -0.4 is 4.90 Å². The molecule has 0 amide bonds. The van der Waals surface area contributed by atoms with Gasteiger partial charge in [0, 0.05) is 25.3 Å². The van der Waals surface area contributed by atoms with Gasteiger partial charge >= 0.3 is 0 Å². The van der Waals surface area contributed by atoms with Crippen molar-refractivity contribution in [3.05, 3.63) is 30.3 Å². The summed E-state index contributed by atoms with van der Waals surface area (Å²) in [5, 5.41) is 0. The molecule has 0 N–H and O–H groups in total. The van der Waals surface area contributed by atoms with Gasteiger partial charge in [-0.05, 0) is 50.9 Å². The Bertz CT molecular complexity index is 350. The van der Waals surface area contributed by atoms with Gasteiger partial charge in [-0.15, -0.1) is 0 Å². The first-order chi connectivity index (χ1) is 9.29. The SMILES string of the molecule is CCCCN(C[C@H]1CCCN(C)C1)c1ccccc1. The standard InChI is InChI=1S/C17H28N2/c1-3-4-13-19(17-10-6-5-7-11-17)15-16-9-8-12-18(2)14-16/h5-7,10-11,16H,3-4,8-9,12-15H2,1-2H3/t16-/m0/s1. The van der Waals surface area contributed by atoms with Gasteiger partial charge in [0.05, 0.1) is 0 Å². The van der Waals surface area contributed by atoms with Crippen LogP contribution in [0.3, 0.4) is 0 Å². The van der Waals surface area contributed by atoms with Gasteiger partial charge in [-0.2, -0.15) is 0 Å². The Morgan fingerprint density at radius 1 is 1.26 bits per heavy atom. The van der Waals surface area contributed by atoms with Gasteiger partial charge in [0.25, 0.3) is 0 Å². The second-order valence-electron chi connectivity index (χ2n) is 5.91. The third-order valence-electron chi connectivity index (χ3n) is 4.10. The minimum Gasteiger partial charge on any atom is -0.371 e. The summed E-state index contributed by atoms with van der Waals surface area (Å²) < 4.78 is 0. The summed E-state index contributed by atoms with van der Waals surface area (Å²) in [6, 6.07) is 10.9. The van der Waals surface area contributed by atoms with Crippen LogP contribution in [0.25, 0.3) is 0 Å². The number of piperidine rings is 1. The molecule has 2 rings (SSSR count). The molecule has 1 aromatic rings. The quantitative estimate of drug-likeness (QED) is 0.770. The summed E-state index contributed by atoms with van der Waals surface area (Å²) in [7, 11) is 2.26. The summed E-state index contributed by atoms with van der Waals surface area (Å²) in [4.78, 5) is 5.07. The Morgan fingerprint density at radius 2 is 2.05 bits per heavy atom. The monoisotopic (exact) mass is 260 g/mol. The van der Waals surface area contributed by atoms with E-state index in [1.807, 2.05) is 0 Å². The van der Waals surface area contributed by atoms with Crippen LogP contribution in [0.4, 0.5) is 5.69 Å². The van der Waals surface area contributed by atoms with Crippen molar-refractivity contribution in [2.75, 3.05) is 38.1 Å². The Balaban J connectivity index is 1.97. The van der Waals surface area contributed by atoms with Crippen molar-refractivity contribution in [2.45, 2.75) is 32.6 Å². The highest BCUT2D eigenvalue weighted by Gasteiger charge is 2.20. The lowest BCUT2D eigenvalue weighted by Gasteiger charge is -2.35. The molecule has 1 atom stereocenters. The Hall–Kier alpha value is -1.02. The normalized spacial score (nSPS) is 20.4. The molecule has 106 valence electrons. The maximum Gasteiger partial charge on any atom is 0.0366 e. The number of unbranched alkanes of at least 4 members (excludes halogenated alkanes) is 1. The third-order valence-corrected chi connectivity index (χ3v) is 4.10. The zero-order valence-corrected chi connectivity index (χ0v) is 12.5. The molecule has 1 saturated heterocycles. The van der Waals surface area contributed by atoms with Gasteiger partial charge in [0.15, 0.2) is 0 Å². The third kappa shape index (κ3) is 4.54. The zero-order valence-electron chi connectivity index (χ0n) is 12.5. The van der Waals surface area contributed by atoms with Crippen molar-refractivity contribution in [1.29, 1.82) is 0 Å². The van der Waals surface area contributed by atoms with Crippen LogP contribution in [0.1, 0.15) is 32.6 Å². The first kappa shape index (κ1) is 14.4. The van der Waals surface area contributed by atoms with Crippen molar-refractivity contribution in [3.63, 3.8) is 0 Å². The summed E-state index contributed by atoms with van der Waals surface area (Å²) in [5.41, 5.74) is 1.39. The van der Waals surface area contributed by atoms with Crippen LogP contribution in [-0.4, -0.2) is 38.1 Å². The largest absolute Gasteiger partial charge is 0.371 e. The zero-order chi connectivity index (χ0) is 13.5. The van der Waals surface area contributed by atoms with Gasteiger partial charge in [0.1, 0.15) is 0 Å². The topological polar surface area (TPSA) is 6.48 Å². The van der Waals surface area contributed by atoms with Crippen molar-refractivity contribution < 1.29 is 0 Å². The lowest BCUT2D eigenvalue weighted by Crippen LogP contribution is -2.39. The van der Waals surface area contributed by atoms with Crippen LogP contribution >= 0.6 is 0 Å². The fraction of sp³-hybridized carbons (Fsp3) is 0.647. The smallest absolute Gasteiger partial charge is 0.0366 e. The second kappa shape index (κ2) is 7.54. The molecule has 1 aromatic carbocycles. The van der Waals surface area contributed by atoms with E-state index in [1.54, 1.807) is 0 Å². The molecule has 2 nitrogen and oxygen atoms in total. The predicted octanol–water partition coefficient (Wildman–Crippen LogP) is 3.63. The molecule has 1 aliphatic heterocycles. The van der Waals surface area contributed by atoms with Crippen molar-refractivity contribution in [3.8, 4) is 0 Å². The van der Waals surface area contributed by atoms with Gasteiger partial charge in [-0.1, -0.05) is 31.5 Å². The number of likely N-dealkylation sites (tertiary alicyclic amines) is 1. The van der Waals surface area contributed by atoms with E-state index in [9.17, 15) is 0 Å². The number of hydrogen-bond donors (Lipinski definition) is 0. The highest BCUT2D eigenvalue weighted by atomic mass is 15.2. The second-order valence-corrected chi connectivity index (χ2v) is 5.91. The molecule has 2 heteroatoms. The van der Waals surface area contributed by atoms with Crippen LogP contribution in [0.5, 0.6) is 0 Å². The Labute approximate surface area is 118 Å². The van der Waals surface area contributed by atoms with Gasteiger partial charge in [0.2, 0.25) is 0 Å². The molecule has 19 heavy (non-hydrogen) atoms. The lowest BCUT2D eigenvalue weighted by atomic mass is 9.97. The molecule has 0 bridgehead atoms. The van der Waals surface area contributed by atoms with E-state index in [-0.39, 0.29) is 0 Å². The average molecular weight is 260 g/mol. The molecular weight excluding hydrogens is 232 g/mol. The maximum absolute atomic E-state index is 2.59. The molecule has 0 aromatic heterocycles. The Morgan fingerprint density at radius 3 is 2.74 bits per heavy atom. The van der Waals surface area contributed by atoms with E-state index in [1.165, 1.54) is 57.5 Å². The summed E-state index contributed by atoms with van der Waals surface area (Å²) >= 11 is 0. The fourth-order valence-electron chi connectivity index (χ4n) is 3.05. The number of hydrogen-bond acceptors (Lipinski definition) is 2. The van der Waals surface area contributed by atoms with Crippen LogP contribution in [-0.2, 0) is 0 Å². The van der Waals surface area contributed by atoms with Gasteiger partial charge in [-0.3, -0.25) is 0 Å². The van der Waals surface area contributed by atoms with Crippen molar-refractivity contribution in [2.24, 2.45) is 5.92 Å². The number of nitrogens with zero attached hydrogens (tertiary/aromatic N) is 2. The molecule has 0 unspecified atom stereocenters. The highest BCUT2D eigenvalue weighted by Crippen LogP contribution is 2.21. The average Bonchev–Trinajstić information content (AvgIpc) is 2.44. The summed E-state index contributed by atoms with van der Waals surface area (Å²) in [5.74, 6) is 0.829. The minimum absolute atomic E-state index is 0.829. The van der Waals surface area contributed by atoms with Crippen molar-refractivity contribution in [1.82, 2.24) is 4.90 Å². The first-order valence-corrected chi connectivity index (χ1v) is 7.78. The van der Waals surface area contributed by atoms with E-state index >= 15 is 0 Å². The van der Waals surface area contributed by atoms with E-state index < -0.39 is 0 Å². The molecule has 0 aliphatic carbocycles. The van der Waals surface area contributed by atoms with Gasteiger partial charge < -0.3 is 9.80 Å². The number of para-hydroxylation sites is 1. The fourth-order valence-corrected chi connectivity index (χ4v) is 3.05. The van der Waals surface area contributed by atoms with E-state index in [0.29, 0.717) is 0 Å². The Kier molecular flexibility index (Phi) is 5.71. The highest BCUT2D eigenvalue weighted by molar-refractivity contribution is 5.45. The molecular formula is C17H28N2. The molecule has 0 spiro atoms.